The molecule has 0 amide bonds. The van der Waals surface area contributed by atoms with E-state index in [2.05, 4.69) is 48.0 Å². The van der Waals surface area contributed by atoms with Crippen LogP contribution in [0.5, 0.6) is 0 Å². The van der Waals surface area contributed by atoms with E-state index in [9.17, 15) is 0 Å². The van der Waals surface area contributed by atoms with Gasteiger partial charge in [0.25, 0.3) is 0 Å². The fourth-order valence-electron chi connectivity index (χ4n) is 2.17. The van der Waals surface area contributed by atoms with Crippen molar-refractivity contribution in [1.82, 2.24) is 9.80 Å². The van der Waals surface area contributed by atoms with Crippen molar-refractivity contribution in [3.05, 3.63) is 35.4 Å². The van der Waals surface area contributed by atoms with Crippen molar-refractivity contribution >= 4 is 61.3 Å². The lowest BCUT2D eigenvalue weighted by molar-refractivity contribution is 0.403. The highest BCUT2D eigenvalue weighted by molar-refractivity contribution is 6.00. The summed E-state index contributed by atoms with van der Waals surface area (Å²) in [5, 5.41) is 0. The lowest BCUT2D eigenvalue weighted by atomic mass is 10.1. The first-order valence-electron chi connectivity index (χ1n) is 8.40. The van der Waals surface area contributed by atoms with Crippen LogP contribution in [0.15, 0.2) is 34.3 Å². The summed E-state index contributed by atoms with van der Waals surface area (Å²) in [6.45, 7) is 3.50. The van der Waals surface area contributed by atoms with Gasteiger partial charge in [-0.15, -0.1) is 49.6 Å². The Morgan fingerprint density at radius 2 is 0.964 bits per heavy atom. The number of nitrogens with two attached hydrogens (primary N) is 2. The second-order valence-electron chi connectivity index (χ2n) is 6.42. The molecular weight excluding hydrogens is 442 g/mol. The zero-order valence-corrected chi connectivity index (χ0v) is 20.4. The lowest BCUT2D eigenvalue weighted by Gasteiger charge is -2.08. The number of benzene rings is 1. The van der Waals surface area contributed by atoms with E-state index in [0.29, 0.717) is 11.7 Å². The third kappa shape index (κ3) is 15.2. The lowest BCUT2D eigenvalue weighted by Crippen LogP contribution is -2.18. The summed E-state index contributed by atoms with van der Waals surface area (Å²) in [7, 11) is 8.22. The van der Waals surface area contributed by atoms with Crippen molar-refractivity contribution < 1.29 is 0 Å². The van der Waals surface area contributed by atoms with Crippen LogP contribution in [0.3, 0.4) is 0 Å². The molecule has 0 fully saturated rings. The van der Waals surface area contributed by atoms with E-state index in [0.717, 1.165) is 50.1 Å². The van der Waals surface area contributed by atoms with Crippen LogP contribution in [0.4, 0.5) is 0 Å². The molecule has 4 N–H and O–H groups in total. The first kappa shape index (κ1) is 34.7. The van der Waals surface area contributed by atoms with Gasteiger partial charge in [-0.25, -0.2) is 0 Å². The predicted octanol–water partition coefficient (Wildman–Crippen LogP) is 2.69. The highest BCUT2D eigenvalue weighted by Crippen LogP contribution is 2.05. The quantitative estimate of drug-likeness (QED) is 0.308. The van der Waals surface area contributed by atoms with Crippen molar-refractivity contribution in [2.75, 3.05) is 54.4 Å². The molecule has 0 aliphatic heterocycles. The van der Waals surface area contributed by atoms with Crippen LogP contribution in [0.2, 0.25) is 0 Å². The number of hydrogen-bond acceptors (Lipinski definition) is 4. The molecule has 0 saturated heterocycles. The molecule has 0 atom stereocenters. The van der Waals surface area contributed by atoms with E-state index in [1.54, 1.807) is 0 Å². The van der Waals surface area contributed by atoms with E-state index in [-0.39, 0.29) is 49.6 Å². The molecule has 0 heterocycles. The number of amidine groups is 2. The fourth-order valence-corrected chi connectivity index (χ4v) is 2.17. The summed E-state index contributed by atoms with van der Waals surface area (Å²) in [5.74, 6) is 1.14. The van der Waals surface area contributed by atoms with Gasteiger partial charge in [-0.05, 0) is 54.1 Å². The second-order valence-corrected chi connectivity index (χ2v) is 6.42. The van der Waals surface area contributed by atoms with Crippen LogP contribution in [-0.4, -0.2) is 75.8 Å². The molecule has 10 heteroatoms. The molecule has 0 spiro atoms. The van der Waals surface area contributed by atoms with Crippen molar-refractivity contribution in [3.63, 3.8) is 0 Å². The summed E-state index contributed by atoms with van der Waals surface area (Å²) < 4.78 is 0. The van der Waals surface area contributed by atoms with Gasteiger partial charge in [0.05, 0.1) is 0 Å². The zero-order valence-electron chi connectivity index (χ0n) is 17.1. The Morgan fingerprint density at radius 1 is 0.679 bits per heavy atom. The van der Waals surface area contributed by atoms with Gasteiger partial charge >= 0.3 is 0 Å². The molecule has 0 bridgehead atoms. The number of halogens is 4. The second kappa shape index (κ2) is 19.6. The summed E-state index contributed by atoms with van der Waals surface area (Å²) in [5.41, 5.74) is 13.9. The topological polar surface area (TPSA) is 83.2 Å². The van der Waals surface area contributed by atoms with E-state index < -0.39 is 0 Å². The molecule has 1 aromatic carbocycles. The molecule has 6 nitrogen and oxygen atoms in total. The largest absolute Gasteiger partial charge is 0.384 e. The normalized spacial score (nSPS) is 11.2. The maximum Gasteiger partial charge on any atom is 0.125 e. The van der Waals surface area contributed by atoms with Gasteiger partial charge in [0.2, 0.25) is 0 Å². The molecule has 28 heavy (non-hydrogen) atoms. The maximum atomic E-state index is 6.03. The number of hydrogen-bond donors (Lipinski definition) is 2. The number of aliphatic imine (C=N–C) groups is 2. The van der Waals surface area contributed by atoms with Crippen molar-refractivity contribution in [2.24, 2.45) is 21.5 Å². The number of rotatable bonds is 10. The summed E-state index contributed by atoms with van der Waals surface area (Å²) >= 11 is 0. The van der Waals surface area contributed by atoms with Crippen LogP contribution in [-0.2, 0) is 0 Å². The Balaban J connectivity index is -0.000000720. The van der Waals surface area contributed by atoms with Gasteiger partial charge in [0, 0.05) is 24.2 Å². The molecule has 0 saturated carbocycles. The molecule has 0 aliphatic rings. The minimum absolute atomic E-state index is 0. The van der Waals surface area contributed by atoms with E-state index >= 15 is 0 Å². The van der Waals surface area contributed by atoms with E-state index in [1.807, 2.05) is 24.3 Å². The van der Waals surface area contributed by atoms with Crippen molar-refractivity contribution in [1.29, 1.82) is 0 Å². The van der Waals surface area contributed by atoms with Gasteiger partial charge in [0.1, 0.15) is 11.7 Å². The molecule has 1 aromatic rings. The summed E-state index contributed by atoms with van der Waals surface area (Å²) in [4.78, 5) is 13.1. The summed E-state index contributed by atoms with van der Waals surface area (Å²) in [6.07, 6.45) is 2.00. The van der Waals surface area contributed by atoms with Gasteiger partial charge in [-0.1, -0.05) is 24.3 Å². The first-order chi connectivity index (χ1) is 11.4. The third-order valence-corrected chi connectivity index (χ3v) is 3.57. The van der Waals surface area contributed by atoms with Crippen LogP contribution >= 0.6 is 49.6 Å². The molecule has 0 aliphatic carbocycles. The average molecular weight is 478 g/mol. The standard InChI is InChI=1S/C18H32N6.4ClH/c1-23(2)13-5-11-21-17(19)15-7-9-16(10-8-15)18(20)22-12-6-14-24(3)4;;;;/h7-10H,5-6,11-14H2,1-4H3,(H2,19,21)(H2,20,22);4*1H. The van der Waals surface area contributed by atoms with Gasteiger partial charge in [-0.2, -0.15) is 0 Å². The fraction of sp³-hybridized carbons (Fsp3) is 0.556. The Bertz CT molecular complexity index is 499. The molecular formula is C18H36Cl4N6. The van der Waals surface area contributed by atoms with E-state index in [1.165, 1.54) is 0 Å². The SMILES string of the molecule is CN(C)CCCN=C(N)c1ccc(C(N)=NCCCN(C)C)cc1.Cl.Cl.Cl.Cl. The summed E-state index contributed by atoms with van der Waals surface area (Å²) in [6, 6.07) is 7.79. The van der Waals surface area contributed by atoms with Gasteiger partial charge in [0.15, 0.2) is 0 Å². The van der Waals surface area contributed by atoms with Gasteiger partial charge < -0.3 is 21.3 Å². The van der Waals surface area contributed by atoms with Crippen LogP contribution in [0.25, 0.3) is 0 Å². The highest BCUT2D eigenvalue weighted by atomic mass is 35.5. The average Bonchev–Trinajstić information content (AvgIpc) is 2.55. The van der Waals surface area contributed by atoms with Crippen LogP contribution in [0.1, 0.15) is 24.0 Å². The van der Waals surface area contributed by atoms with Crippen molar-refractivity contribution in [3.8, 4) is 0 Å². The smallest absolute Gasteiger partial charge is 0.125 e. The Morgan fingerprint density at radius 3 is 1.21 bits per heavy atom. The minimum Gasteiger partial charge on any atom is -0.384 e. The predicted molar refractivity (Wildman–Crippen MR) is 133 cm³/mol. The Labute approximate surface area is 194 Å². The molecule has 0 aromatic heterocycles. The molecule has 166 valence electrons. The molecule has 0 radical (unpaired) electrons. The third-order valence-electron chi connectivity index (χ3n) is 3.57. The van der Waals surface area contributed by atoms with Crippen LogP contribution in [0, 0.1) is 0 Å². The first-order valence-corrected chi connectivity index (χ1v) is 8.40. The Hall–Kier alpha value is -0.760. The number of nitrogens with zero attached hydrogens (tertiary/aromatic N) is 4. The van der Waals surface area contributed by atoms with Gasteiger partial charge in [-0.3, -0.25) is 9.98 Å². The van der Waals surface area contributed by atoms with Crippen molar-refractivity contribution in [2.45, 2.75) is 12.8 Å². The minimum atomic E-state index is 0. The Kier molecular flexibility index (Phi) is 24.2. The zero-order chi connectivity index (χ0) is 17.9. The highest BCUT2D eigenvalue weighted by Gasteiger charge is 2.02. The molecule has 0 unspecified atom stereocenters. The van der Waals surface area contributed by atoms with E-state index in [4.69, 9.17) is 11.5 Å². The monoisotopic (exact) mass is 476 g/mol. The maximum absolute atomic E-state index is 6.03. The molecule has 1 rings (SSSR count). The van der Waals surface area contributed by atoms with Crippen LogP contribution < -0.4 is 11.5 Å².